The fourth-order valence-corrected chi connectivity index (χ4v) is 5.27. The Hall–Kier alpha value is -5.73. The number of nitrogen functional groups attached to an aromatic ring is 2. The molecule has 0 aliphatic carbocycles. The average Bonchev–Trinajstić information content (AvgIpc) is 3.01. The van der Waals surface area contributed by atoms with E-state index < -0.39 is 20.8 Å². The first-order chi connectivity index (χ1) is 21.4. The van der Waals surface area contributed by atoms with E-state index in [9.17, 15) is 23.2 Å². The van der Waals surface area contributed by atoms with Crippen LogP contribution in [0.25, 0.3) is 21.9 Å². The number of aromatic hydroxyl groups is 2. The molecule has 0 saturated carbocycles. The van der Waals surface area contributed by atoms with Crippen molar-refractivity contribution in [2.24, 2.45) is 20.5 Å². The number of anilines is 2. The standard InChI is InChI=1S/C31H28N6O7S/c1-16-10-26(23(33)14-22(16)32)36-34-24-8-4-17(11-28(24)43-2)18-5-9-25(29(12-18)44-3)35-37-27-15-30(45(40,41)42)20-7-6-19(38)13-21(20)31(27)39/h4-15,38-39H,32-33H2,1-3H3,(H,40,41,42). The molecule has 0 aliphatic heterocycles. The number of hydrogen-bond acceptors (Lipinski definition) is 12. The van der Waals surface area contributed by atoms with Gasteiger partial charge in [0, 0.05) is 16.5 Å². The minimum absolute atomic E-state index is 0.00100. The van der Waals surface area contributed by atoms with Crippen LogP contribution >= 0.6 is 0 Å². The third-order valence-corrected chi connectivity index (χ3v) is 7.84. The zero-order valence-electron chi connectivity index (χ0n) is 24.3. The first-order valence-electron chi connectivity index (χ1n) is 13.2. The number of phenols is 2. The molecule has 0 saturated heterocycles. The van der Waals surface area contributed by atoms with E-state index in [0.717, 1.165) is 28.8 Å². The molecule has 0 atom stereocenters. The van der Waals surface area contributed by atoms with Gasteiger partial charge in [0.2, 0.25) is 0 Å². The van der Waals surface area contributed by atoms with Crippen LogP contribution in [0.2, 0.25) is 0 Å². The Morgan fingerprint density at radius 2 is 1.20 bits per heavy atom. The molecular formula is C31H28N6O7S. The van der Waals surface area contributed by atoms with Crippen molar-refractivity contribution in [1.29, 1.82) is 0 Å². The zero-order valence-corrected chi connectivity index (χ0v) is 25.1. The summed E-state index contributed by atoms with van der Waals surface area (Å²) in [7, 11) is -1.74. The van der Waals surface area contributed by atoms with Crippen LogP contribution < -0.4 is 20.9 Å². The Bertz CT molecular complexity index is 2130. The van der Waals surface area contributed by atoms with Crippen molar-refractivity contribution < 1.29 is 32.7 Å². The van der Waals surface area contributed by atoms with Crippen LogP contribution in [-0.2, 0) is 10.1 Å². The highest BCUT2D eigenvalue weighted by Crippen LogP contribution is 2.42. The molecule has 0 fully saturated rings. The van der Waals surface area contributed by atoms with Crippen LogP contribution in [0.4, 0.5) is 34.1 Å². The third-order valence-electron chi connectivity index (χ3n) is 6.95. The molecule has 5 rings (SSSR count). The number of hydrogen-bond donors (Lipinski definition) is 5. The van der Waals surface area contributed by atoms with E-state index in [2.05, 4.69) is 20.5 Å². The monoisotopic (exact) mass is 628 g/mol. The Kier molecular flexibility index (Phi) is 8.26. The lowest BCUT2D eigenvalue weighted by molar-refractivity contribution is 0.415. The summed E-state index contributed by atoms with van der Waals surface area (Å²) >= 11 is 0. The second-order valence-electron chi connectivity index (χ2n) is 9.89. The van der Waals surface area contributed by atoms with Crippen LogP contribution in [0.3, 0.4) is 0 Å². The van der Waals surface area contributed by atoms with Crippen molar-refractivity contribution >= 4 is 55.0 Å². The van der Waals surface area contributed by atoms with E-state index in [0.29, 0.717) is 34.2 Å². The molecular weight excluding hydrogens is 600 g/mol. The van der Waals surface area contributed by atoms with Gasteiger partial charge in [0.1, 0.15) is 44.9 Å². The number of rotatable bonds is 8. The van der Waals surface area contributed by atoms with Gasteiger partial charge in [0.05, 0.1) is 19.9 Å². The van der Waals surface area contributed by atoms with Gasteiger partial charge in [-0.25, -0.2) is 0 Å². The van der Waals surface area contributed by atoms with E-state index in [1.165, 1.54) is 26.4 Å². The number of phenolic OH excluding ortho intramolecular Hbond substituents is 2. The SMILES string of the molecule is COc1cc(-c2ccc(N=Nc3cc(S(=O)(=O)O)c4ccc(O)cc4c3O)c(OC)c2)ccc1N=Nc1cc(C)c(N)cc1N. The van der Waals surface area contributed by atoms with E-state index >= 15 is 0 Å². The van der Waals surface area contributed by atoms with E-state index in [1.807, 2.05) is 13.0 Å². The Balaban J connectivity index is 1.47. The van der Waals surface area contributed by atoms with Gasteiger partial charge in [0.15, 0.2) is 5.75 Å². The summed E-state index contributed by atoms with van der Waals surface area (Å²) in [6, 6.07) is 18.5. The summed E-state index contributed by atoms with van der Waals surface area (Å²) in [5.74, 6) is 0.115. The summed E-state index contributed by atoms with van der Waals surface area (Å²) in [6.45, 7) is 1.85. The summed E-state index contributed by atoms with van der Waals surface area (Å²) in [6.07, 6.45) is 0. The van der Waals surface area contributed by atoms with Crippen molar-refractivity contribution in [2.45, 2.75) is 11.8 Å². The third kappa shape index (κ3) is 6.32. The molecule has 0 amide bonds. The number of benzene rings is 5. The largest absolute Gasteiger partial charge is 0.508 e. The molecule has 0 unspecified atom stereocenters. The molecule has 0 heterocycles. The van der Waals surface area contributed by atoms with E-state index in [4.69, 9.17) is 20.9 Å². The van der Waals surface area contributed by atoms with Crippen molar-refractivity contribution in [2.75, 3.05) is 25.7 Å². The van der Waals surface area contributed by atoms with Gasteiger partial charge in [-0.15, -0.1) is 20.5 Å². The first kappa shape index (κ1) is 30.7. The number of nitrogens with zero attached hydrogens (tertiary/aromatic N) is 4. The lowest BCUT2D eigenvalue weighted by Crippen LogP contribution is -1.99. The molecule has 230 valence electrons. The molecule has 5 aromatic rings. The van der Waals surface area contributed by atoms with Crippen molar-refractivity contribution in [3.05, 3.63) is 78.4 Å². The average molecular weight is 629 g/mol. The minimum Gasteiger partial charge on any atom is -0.508 e. The van der Waals surface area contributed by atoms with Crippen molar-refractivity contribution in [3.63, 3.8) is 0 Å². The van der Waals surface area contributed by atoms with Crippen LogP contribution in [0.1, 0.15) is 5.56 Å². The second-order valence-corrected chi connectivity index (χ2v) is 11.3. The molecule has 0 radical (unpaired) electrons. The quantitative estimate of drug-likeness (QED) is 0.0652. The van der Waals surface area contributed by atoms with E-state index in [1.54, 1.807) is 42.5 Å². The highest BCUT2D eigenvalue weighted by molar-refractivity contribution is 7.86. The molecule has 0 bridgehead atoms. The normalized spacial score (nSPS) is 11.9. The first-order valence-corrected chi connectivity index (χ1v) is 14.6. The maximum atomic E-state index is 12.0. The molecule has 7 N–H and O–H groups in total. The number of fused-ring (bicyclic) bond motifs is 1. The number of ether oxygens (including phenoxy) is 2. The number of nitrogens with two attached hydrogens (primary N) is 2. The fourth-order valence-electron chi connectivity index (χ4n) is 4.55. The molecule has 0 aromatic heterocycles. The summed E-state index contributed by atoms with van der Waals surface area (Å²) < 4.78 is 44.9. The Morgan fingerprint density at radius 1 is 0.644 bits per heavy atom. The van der Waals surface area contributed by atoms with Crippen LogP contribution in [0, 0.1) is 6.92 Å². The molecule has 0 spiro atoms. The Labute approximate surface area is 257 Å². The van der Waals surface area contributed by atoms with Crippen LogP contribution in [0.5, 0.6) is 23.0 Å². The highest BCUT2D eigenvalue weighted by Gasteiger charge is 2.20. The molecule has 14 heteroatoms. The predicted molar refractivity (Wildman–Crippen MR) is 170 cm³/mol. The zero-order chi connectivity index (χ0) is 32.5. The Morgan fingerprint density at radius 3 is 1.76 bits per heavy atom. The van der Waals surface area contributed by atoms with Gasteiger partial charge >= 0.3 is 0 Å². The maximum absolute atomic E-state index is 12.0. The maximum Gasteiger partial charge on any atom is 0.295 e. The smallest absolute Gasteiger partial charge is 0.295 e. The number of azo groups is 2. The van der Waals surface area contributed by atoms with Gasteiger partial charge in [-0.1, -0.05) is 12.1 Å². The molecule has 0 aliphatic rings. The van der Waals surface area contributed by atoms with Gasteiger partial charge in [-0.2, -0.15) is 8.42 Å². The van der Waals surface area contributed by atoms with Gasteiger partial charge in [0.25, 0.3) is 10.1 Å². The molecule has 13 nitrogen and oxygen atoms in total. The number of methoxy groups -OCH3 is 2. The summed E-state index contributed by atoms with van der Waals surface area (Å²) in [4.78, 5) is -0.504. The minimum atomic E-state index is -4.70. The molecule has 5 aromatic carbocycles. The van der Waals surface area contributed by atoms with Gasteiger partial charge < -0.3 is 31.2 Å². The fraction of sp³-hybridized carbons (Fsp3) is 0.0968. The van der Waals surface area contributed by atoms with Crippen molar-refractivity contribution in [3.8, 4) is 34.1 Å². The second kappa shape index (κ2) is 12.1. The predicted octanol–water partition coefficient (Wildman–Crippen LogP) is 7.49. The van der Waals surface area contributed by atoms with Gasteiger partial charge in [-0.05, 0) is 84.3 Å². The topological polar surface area (TPSA) is 215 Å². The van der Waals surface area contributed by atoms with Gasteiger partial charge in [-0.3, -0.25) is 4.55 Å². The van der Waals surface area contributed by atoms with Crippen LogP contribution in [0.15, 0.2) is 98.1 Å². The lowest BCUT2D eigenvalue weighted by atomic mass is 10.0. The highest BCUT2D eigenvalue weighted by atomic mass is 32.2. The molecule has 45 heavy (non-hydrogen) atoms. The summed E-state index contributed by atoms with van der Waals surface area (Å²) in [5.41, 5.74) is 16.2. The van der Waals surface area contributed by atoms with Crippen molar-refractivity contribution in [1.82, 2.24) is 0 Å². The van der Waals surface area contributed by atoms with E-state index in [-0.39, 0.29) is 27.9 Å². The van der Waals surface area contributed by atoms with Crippen LogP contribution in [-0.4, -0.2) is 37.4 Å². The number of aryl methyl sites for hydroxylation is 1. The lowest BCUT2D eigenvalue weighted by Gasteiger charge is -2.11. The summed E-state index contributed by atoms with van der Waals surface area (Å²) in [5, 5.41) is 37.3.